The van der Waals surface area contributed by atoms with Crippen molar-refractivity contribution in [2.45, 2.75) is 316 Å². The summed E-state index contributed by atoms with van der Waals surface area (Å²) in [6.07, 6.45) is 51.3. The molecule has 0 saturated heterocycles. The summed E-state index contributed by atoms with van der Waals surface area (Å²) >= 11 is 0. The van der Waals surface area contributed by atoms with E-state index < -0.39 is 18.0 Å². The van der Waals surface area contributed by atoms with Crippen molar-refractivity contribution in [1.29, 1.82) is 0 Å². The molecule has 0 aromatic carbocycles. The molecule has 1 N–H and O–H groups in total. The molecule has 0 bridgehead atoms. The second-order valence-corrected chi connectivity index (χ2v) is 19.2. The summed E-state index contributed by atoms with van der Waals surface area (Å²) in [4.78, 5) is 37.6. The number of rotatable bonds is 48. The summed E-state index contributed by atoms with van der Waals surface area (Å²) in [6, 6.07) is 0. The van der Waals surface area contributed by atoms with Gasteiger partial charge in [-0.3, -0.25) is 9.59 Å². The fraction of sp³-hybridized carbons (Fsp3) is 0.944. The zero-order valence-electron chi connectivity index (χ0n) is 40.4. The molecule has 0 aliphatic rings. The van der Waals surface area contributed by atoms with Crippen molar-refractivity contribution < 1.29 is 24.2 Å². The van der Waals surface area contributed by atoms with Crippen molar-refractivity contribution in [1.82, 2.24) is 0 Å². The minimum absolute atomic E-state index is 0.253. The van der Waals surface area contributed by atoms with E-state index in [-0.39, 0.29) is 12.3 Å². The molecule has 0 aromatic rings. The number of ether oxygens (including phenoxy) is 1. The lowest BCUT2D eigenvalue weighted by Gasteiger charge is -2.16. The Morgan fingerprint density at radius 3 is 1.03 bits per heavy atom. The Labute approximate surface area is 368 Å². The molecule has 0 fully saturated rings. The van der Waals surface area contributed by atoms with Crippen LogP contribution >= 0.6 is 0 Å². The third-order valence-corrected chi connectivity index (χ3v) is 12.8. The first-order valence-electron chi connectivity index (χ1n) is 26.8. The standard InChI is InChI=1S/C54H104O5/c1-5-7-9-11-12-13-14-15-16-17-21-24-29-34-40-46-51(55)50(44-38-10-8-6-2)45-39-33-28-26-30-35-41-47-52(56)54(58)59-53(57)48-42-36-31-25-22-19-18-20-23-27-32-37-43-49(3)4/h49-50,52,56H,5-48H2,1-4H3. The van der Waals surface area contributed by atoms with E-state index in [0.717, 1.165) is 83.0 Å². The lowest BCUT2D eigenvalue weighted by molar-refractivity contribution is -0.166. The number of carbonyl (C=O) groups excluding carboxylic acids is 3. The topological polar surface area (TPSA) is 80.7 Å². The van der Waals surface area contributed by atoms with Crippen LogP contribution in [0.2, 0.25) is 0 Å². The van der Waals surface area contributed by atoms with Gasteiger partial charge in [0.25, 0.3) is 0 Å². The van der Waals surface area contributed by atoms with Crippen LogP contribution in [-0.4, -0.2) is 28.9 Å². The number of hydrogen-bond acceptors (Lipinski definition) is 5. The van der Waals surface area contributed by atoms with E-state index >= 15 is 0 Å². The van der Waals surface area contributed by atoms with Gasteiger partial charge in [-0.1, -0.05) is 265 Å². The molecule has 0 saturated carbocycles. The Morgan fingerprint density at radius 2 is 0.661 bits per heavy atom. The van der Waals surface area contributed by atoms with E-state index in [1.54, 1.807) is 0 Å². The molecule has 2 unspecified atom stereocenters. The Kier molecular flexibility index (Phi) is 45.3. The molecular formula is C54H104O5. The fourth-order valence-electron chi connectivity index (χ4n) is 8.71. The van der Waals surface area contributed by atoms with E-state index in [9.17, 15) is 19.5 Å². The largest absolute Gasteiger partial charge is 0.391 e. The first-order chi connectivity index (χ1) is 28.8. The number of aliphatic hydroxyl groups excluding tert-OH is 1. The molecule has 0 amide bonds. The van der Waals surface area contributed by atoms with E-state index in [1.807, 2.05) is 0 Å². The summed E-state index contributed by atoms with van der Waals surface area (Å²) in [5, 5.41) is 10.2. The maximum absolute atomic E-state index is 13.2. The van der Waals surface area contributed by atoms with Crippen LogP contribution in [0.4, 0.5) is 0 Å². The molecule has 0 aliphatic heterocycles. The van der Waals surface area contributed by atoms with Gasteiger partial charge < -0.3 is 9.84 Å². The maximum atomic E-state index is 13.2. The van der Waals surface area contributed by atoms with Gasteiger partial charge in [-0.05, 0) is 38.0 Å². The van der Waals surface area contributed by atoms with Gasteiger partial charge >= 0.3 is 11.9 Å². The normalized spacial score (nSPS) is 12.6. The second kappa shape index (κ2) is 46.3. The van der Waals surface area contributed by atoms with Gasteiger partial charge in [0.15, 0.2) is 6.10 Å². The number of carbonyl (C=O) groups is 3. The molecule has 0 rings (SSSR count). The predicted molar refractivity (Wildman–Crippen MR) is 255 cm³/mol. The van der Waals surface area contributed by atoms with E-state index in [4.69, 9.17) is 4.74 Å². The van der Waals surface area contributed by atoms with Crippen molar-refractivity contribution in [3.8, 4) is 0 Å². The van der Waals surface area contributed by atoms with Gasteiger partial charge in [0, 0.05) is 18.8 Å². The van der Waals surface area contributed by atoms with E-state index in [0.29, 0.717) is 12.2 Å². The zero-order chi connectivity index (χ0) is 43.3. The maximum Gasteiger partial charge on any atom is 0.342 e. The summed E-state index contributed by atoms with van der Waals surface area (Å²) < 4.78 is 4.94. The Balaban J connectivity index is 3.86. The van der Waals surface area contributed by atoms with Crippen molar-refractivity contribution >= 4 is 17.7 Å². The van der Waals surface area contributed by atoms with Gasteiger partial charge in [0.2, 0.25) is 0 Å². The Hall–Kier alpha value is -1.23. The number of hydrogen-bond donors (Lipinski definition) is 1. The molecule has 0 aliphatic carbocycles. The highest BCUT2D eigenvalue weighted by molar-refractivity contribution is 5.87. The highest BCUT2D eigenvalue weighted by Gasteiger charge is 2.20. The lowest BCUT2D eigenvalue weighted by Crippen LogP contribution is -2.25. The van der Waals surface area contributed by atoms with Gasteiger partial charge in [0.1, 0.15) is 5.78 Å². The molecule has 0 radical (unpaired) electrons. The molecule has 5 heteroatoms. The summed E-state index contributed by atoms with van der Waals surface area (Å²) in [6.45, 7) is 9.15. The second-order valence-electron chi connectivity index (χ2n) is 19.2. The van der Waals surface area contributed by atoms with Crippen molar-refractivity contribution in [3.05, 3.63) is 0 Å². The first-order valence-corrected chi connectivity index (χ1v) is 26.8. The number of Topliss-reactive ketones (excluding diaryl/α,β-unsaturated/α-hetero) is 1. The smallest absolute Gasteiger partial charge is 0.342 e. The number of esters is 2. The SMILES string of the molecule is CCCCCCCCCCCCCCCCCC(=O)C(CCCCCC)CCCCCCCCCC(O)C(=O)OC(=O)CCCCCCCCCCCCCCC(C)C. The van der Waals surface area contributed by atoms with Crippen molar-refractivity contribution in [2.24, 2.45) is 11.8 Å². The third kappa shape index (κ3) is 43.2. The Bertz CT molecular complexity index is 899. The number of aliphatic hydroxyl groups is 1. The number of unbranched alkanes of at least 4 members (excludes halogenated alkanes) is 34. The summed E-state index contributed by atoms with van der Waals surface area (Å²) in [5.74, 6) is 0.334. The third-order valence-electron chi connectivity index (χ3n) is 12.8. The number of ketones is 1. The fourth-order valence-corrected chi connectivity index (χ4v) is 8.71. The van der Waals surface area contributed by atoms with Gasteiger partial charge in [-0.25, -0.2) is 4.79 Å². The van der Waals surface area contributed by atoms with Crippen LogP contribution in [0.25, 0.3) is 0 Å². The minimum atomic E-state index is -1.21. The molecule has 59 heavy (non-hydrogen) atoms. The molecule has 0 spiro atoms. The Morgan fingerprint density at radius 1 is 0.373 bits per heavy atom. The van der Waals surface area contributed by atoms with Crippen LogP contribution in [0.5, 0.6) is 0 Å². The van der Waals surface area contributed by atoms with Crippen LogP contribution in [0.3, 0.4) is 0 Å². The quantitative estimate of drug-likeness (QED) is 0.0375. The lowest BCUT2D eigenvalue weighted by atomic mass is 9.88. The van der Waals surface area contributed by atoms with Crippen molar-refractivity contribution in [2.75, 3.05) is 0 Å². The zero-order valence-corrected chi connectivity index (χ0v) is 40.4. The van der Waals surface area contributed by atoms with E-state index in [2.05, 4.69) is 27.7 Å². The summed E-state index contributed by atoms with van der Waals surface area (Å²) in [5.41, 5.74) is 0. The molecule has 5 nitrogen and oxygen atoms in total. The van der Waals surface area contributed by atoms with Crippen LogP contribution < -0.4 is 0 Å². The van der Waals surface area contributed by atoms with Crippen LogP contribution in [0, 0.1) is 11.8 Å². The molecule has 0 heterocycles. The highest BCUT2D eigenvalue weighted by atomic mass is 16.6. The minimum Gasteiger partial charge on any atom is -0.391 e. The van der Waals surface area contributed by atoms with Crippen LogP contribution in [0.1, 0.15) is 310 Å². The average molecular weight is 833 g/mol. The molecular weight excluding hydrogens is 729 g/mol. The molecule has 350 valence electrons. The van der Waals surface area contributed by atoms with Gasteiger partial charge in [-0.2, -0.15) is 0 Å². The highest BCUT2D eigenvalue weighted by Crippen LogP contribution is 2.23. The van der Waals surface area contributed by atoms with Crippen LogP contribution in [0.15, 0.2) is 0 Å². The summed E-state index contributed by atoms with van der Waals surface area (Å²) in [7, 11) is 0. The van der Waals surface area contributed by atoms with Gasteiger partial charge in [0.05, 0.1) is 0 Å². The first kappa shape index (κ1) is 57.8. The van der Waals surface area contributed by atoms with E-state index in [1.165, 1.54) is 193 Å². The van der Waals surface area contributed by atoms with Crippen molar-refractivity contribution in [3.63, 3.8) is 0 Å². The molecule has 0 aromatic heterocycles. The average Bonchev–Trinajstić information content (AvgIpc) is 3.22. The van der Waals surface area contributed by atoms with Crippen LogP contribution in [-0.2, 0) is 19.1 Å². The predicted octanol–water partition coefficient (Wildman–Crippen LogP) is 17.5. The van der Waals surface area contributed by atoms with Gasteiger partial charge in [-0.15, -0.1) is 0 Å². The monoisotopic (exact) mass is 833 g/mol. The molecule has 2 atom stereocenters.